The highest BCUT2D eigenvalue weighted by Gasteiger charge is 2.26. The molecule has 0 aliphatic carbocycles. The normalized spacial score (nSPS) is 16.4. The van der Waals surface area contributed by atoms with Crippen molar-refractivity contribution in [1.82, 2.24) is 25.2 Å². The number of nitrogens with zero attached hydrogens (tertiary/aromatic N) is 4. The third-order valence-corrected chi connectivity index (χ3v) is 4.71. The molecule has 1 N–H and O–H groups in total. The summed E-state index contributed by atoms with van der Waals surface area (Å²) in [4.78, 5) is 12.5. The molecule has 1 aliphatic rings. The maximum Gasteiger partial charge on any atom is 0.273 e. The second kappa shape index (κ2) is 6.94. The molecule has 2 aromatic heterocycles. The monoisotopic (exact) mass is 369 g/mol. The first-order chi connectivity index (χ1) is 13.0. The number of rotatable bonds is 4. The van der Waals surface area contributed by atoms with Crippen molar-refractivity contribution in [2.24, 2.45) is 0 Å². The lowest BCUT2D eigenvalue weighted by atomic mass is 10.1. The van der Waals surface area contributed by atoms with Crippen LogP contribution in [0, 0.1) is 5.82 Å². The molecule has 27 heavy (non-hydrogen) atoms. The SMILES string of the molecule is CC(C)c1nnc2n1CC(NC(=O)c1cc(-c3ccccc3F)on1)CC2. The minimum absolute atomic E-state index is 0.0490. The summed E-state index contributed by atoms with van der Waals surface area (Å²) in [6, 6.07) is 7.62. The number of carbonyl (C=O) groups excluding carboxylic acids is 1. The summed E-state index contributed by atoms with van der Waals surface area (Å²) in [6.07, 6.45) is 1.53. The third kappa shape index (κ3) is 3.34. The van der Waals surface area contributed by atoms with Gasteiger partial charge in [-0.1, -0.05) is 31.1 Å². The Morgan fingerprint density at radius 1 is 1.33 bits per heavy atom. The van der Waals surface area contributed by atoms with Crippen LogP contribution in [-0.4, -0.2) is 31.9 Å². The number of fused-ring (bicyclic) bond motifs is 1. The summed E-state index contributed by atoms with van der Waals surface area (Å²) < 4.78 is 21.1. The van der Waals surface area contributed by atoms with Gasteiger partial charge in [-0.3, -0.25) is 4.79 Å². The van der Waals surface area contributed by atoms with Gasteiger partial charge in [-0.25, -0.2) is 4.39 Å². The van der Waals surface area contributed by atoms with Gasteiger partial charge in [-0.2, -0.15) is 0 Å². The molecule has 140 valence electrons. The number of aromatic nitrogens is 4. The van der Waals surface area contributed by atoms with Crippen molar-refractivity contribution < 1.29 is 13.7 Å². The number of benzene rings is 1. The Labute approximate surface area is 155 Å². The molecule has 8 heteroatoms. The van der Waals surface area contributed by atoms with Crippen LogP contribution in [0.3, 0.4) is 0 Å². The highest BCUT2D eigenvalue weighted by atomic mass is 19.1. The molecule has 1 aromatic carbocycles. The molecular weight excluding hydrogens is 349 g/mol. The number of hydrogen-bond acceptors (Lipinski definition) is 5. The van der Waals surface area contributed by atoms with E-state index in [0.29, 0.717) is 6.54 Å². The van der Waals surface area contributed by atoms with Crippen LogP contribution in [0.5, 0.6) is 0 Å². The first-order valence-corrected chi connectivity index (χ1v) is 8.97. The lowest BCUT2D eigenvalue weighted by molar-refractivity contribution is 0.0918. The van der Waals surface area contributed by atoms with Crippen molar-refractivity contribution in [3.05, 3.63) is 53.5 Å². The molecule has 4 rings (SSSR count). The van der Waals surface area contributed by atoms with E-state index in [2.05, 4.69) is 39.1 Å². The van der Waals surface area contributed by atoms with Crippen LogP contribution in [0.1, 0.15) is 48.3 Å². The Balaban J connectivity index is 1.47. The molecule has 1 atom stereocenters. The molecular formula is C19H20FN5O2. The molecule has 0 fully saturated rings. The van der Waals surface area contributed by atoms with Crippen molar-refractivity contribution >= 4 is 5.91 Å². The summed E-state index contributed by atoms with van der Waals surface area (Å²) in [6.45, 7) is 4.76. The van der Waals surface area contributed by atoms with E-state index < -0.39 is 5.82 Å². The third-order valence-electron chi connectivity index (χ3n) is 4.71. The lowest BCUT2D eigenvalue weighted by Crippen LogP contribution is -2.41. The van der Waals surface area contributed by atoms with E-state index in [-0.39, 0.29) is 34.9 Å². The lowest BCUT2D eigenvalue weighted by Gasteiger charge is -2.25. The van der Waals surface area contributed by atoms with Gasteiger partial charge in [0, 0.05) is 31.0 Å². The average molecular weight is 369 g/mol. The highest BCUT2D eigenvalue weighted by molar-refractivity contribution is 5.93. The van der Waals surface area contributed by atoms with Gasteiger partial charge in [-0.15, -0.1) is 10.2 Å². The van der Waals surface area contributed by atoms with Crippen LogP contribution < -0.4 is 5.32 Å². The summed E-state index contributed by atoms with van der Waals surface area (Å²) in [5.74, 6) is 1.60. The number of halogens is 1. The van der Waals surface area contributed by atoms with Crippen molar-refractivity contribution in [3.63, 3.8) is 0 Å². The van der Waals surface area contributed by atoms with E-state index in [9.17, 15) is 9.18 Å². The predicted molar refractivity (Wildman–Crippen MR) is 95.6 cm³/mol. The molecule has 3 heterocycles. The molecule has 1 amide bonds. The van der Waals surface area contributed by atoms with Crippen LogP contribution in [0.15, 0.2) is 34.9 Å². The Morgan fingerprint density at radius 2 is 2.15 bits per heavy atom. The molecule has 0 spiro atoms. The van der Waals surface area contributed by atoms with Crippen molar-refractivity contribution in [3.8, 4) is 11.3 Å². The van der Waals surface area contributed by atoms with Crippen LogP contribution >= 0.6 is 0 Å². The second-order valence-electron chi connectivity index (χ2n) is 7.01. The Bertz CT molecular complexity index is 978. The number of aryl methyl sites for hydroxylation is 1. The van der Waals surface area contributed by atoms with Crippen molar-refractivity contribution in [1.29, 1.82) is 0 Å². The quantitative estimate of drug-likeness (QED) is 0.764. The highest BCUT2D eigenvalue weighted by Crippen LogP contribution is 2.24. The molecule has 0 bridgehead atoms. The zero-order valence-corrected chi connectivity index (χ0v) is 15.1. The van der Waals surface area contributed by atoms with Crippen LogP contribution in [0.4, 0.5) is 4.39 Å². The Morgan fingerprint density at radius 3 is 2.93 bits per heavy atom. The van der Waals surface area contributed by atoms with Crippen molar-refractivity contribution in [2.75, 3.05) is 0 Å². The molecule has 1 unspecified atom stereocenters. The molecule has 3 aromatic rings. The predicted octanol–water partition coefficient (Wildman–Crippen LogP) is 2.94. The van der Waals surface area contributed by atoms with Gasteiger partial charge in [0.05, 0.1) is 5.56 Å². The number of amides is 1. The Kier molecular flexibility index (Phi) is 4.47. The van der Waals surface area contributed by atoms with Gasteiger partial charge in [-0.05, 0) is 18.6 Å². The van der Waals surface area contributed by atoms with Gasteiger partial charge in [0.2, 0.25) is 0 Å². The topological polar surface area (TPSA) is 85.8 Å². The first-order valence-electron chi connectivity index (χ1n) is 8.97. The fourth-order valence-corrected chi connectivity index (χ4v) is 3.32. The number of hydrogen-bond donors (Lipinski definition) is 1. The summed E-state index contributed by atoms with van der Waals surface area (Å²) in [5.41, 5.74) is 0.407. The van der Waals surface area contributed by atoms with Crippen LogP contribution in [-0.2, 0) is 13.0 Å². The van der Waals surface area contributed by atoms with Gasteiger partial charge >= 0.3 is 0 Å². The van der Waals surface area contributed by atoms with E-state index >= 15 is 0 Å². The van der Waals surface area contributed by atoms with E-state index in [4.69, 9.17) is 4.52 Å². The molecule has 7 nitrogen and oxygen atoms in total. The average Bonchev–Trinajstić information content (AvgIpc) is 3.29. The Hall–Kier alpha value is -3.03. The van der Waals surface area contributed by atoms with E-state index in [1.165, 1.54) is 12.1 Å². The van der Waals surface area contributed by atoms with Gasteiger partial charge < -0.3 is 14.4 Å². The second-order valence-corrected chi connectivity index (χ2v) is 7.01. The number of carbonyl (C=O) groups is 1. The van der Waals surface area contributed by atoms with Crippen molar-refractivity contribution in [2.45, 2.75) is 45.2 Å². The number of nitrogens with one attached hydrogen (secondary N) is 1. The molecule has 0 saturated heterocycles. The fraction of sp³-hybridized carbons (Fsp3) is 0.368. The largest absolute Gasteiger partial charge is 0.355 e. The van der Waals surface area contributed by atoms with Gasteiger partial charge in [0.15, 0.2) is 11.5 Å². The summed E-state index contributed by atoms with van der Waals surface area (Å²) in [7, 11) is 0. The van der Waals surface area contributed by atoms with E-state index in [0.717, 1.165) is 24.5 Å². The van der Waals surface area contributed by atoms with E-state index in [1.807, 2.05) is 0 Å². The maximum absolute atomic E-state index is 13.9. The van der Waals surface area contributed by atoms with Gasteiger partial charge in [0.1, 0.15) is 17.5 Å². The molecule has 0 saturated carbocycles. The first kappa shape index (κ1) is 17.4. The molecule has 0 radical (unpaired) electrons. The standard InChI is InChI=1S/C19H20FN5O2/c1-11(2)18-23-22-17-8-7-12(10-25(17)18)21-19(26)15-9-16(27-24-15)13-5-3-4-6-14(13)20/h3-6,9,11-12H,7-8,10H2,1-2H3,(H,21,26). The zero-order valence-electron chi connectivity index (χ0n) is 15.1. The zero-order chi connectivity index (χ0) is 19.0. The minimum Gasteiger partial charge on any atom is -0.355 e. The fourth-order valence-electron chi connectivity index (χ4n) is 3.32. The van der Waals surface area contributed by atoms with Crippen LogP contribution in [0.25, 0.3) is 11.3 Å². The van der Waals surface area contributed by atoms with Gasteiger partial charge in [0.25, 0.3) is 5.91 Å². The summed E-state index contributed by atoms with van der Waals surface area (Å²) in [5, 5.41) is 15.3. The smallest absolute Gasteiger partial charge is 0.273 e. The van der Waals surface area contributed by atoms with E-state index in [1.54, 1.807) is 18.2 Å². The molecule has 1 aliphatic heterocycles. The van der Waals surface area contributed by atoms with Crippen LogP contribution in [0.2, 0.25) is 0 Å². The minimum atomic E-state index is -0.422. The summed E-state index contributed by atoms with van der Waals surface area (Å²) >= 11 is 0. The maximum atomic E-state index is 13.9.